The molecule has 0 unspecified atom stereocenters. The second kappa shape index (κ2) is 5.66. The topological polar surface area (TPSA) is 88.9 Å². The van der Waals surface area contributed by atoms with Crippen molar-refractivity contribution in [2.75, 3.05) is 0 Å². The van der Waals surface area contributed by atoms with Gasteiger partial charge in [-0.25, -0.2) is 4.98 Å². The minimum absolute atomic E-state index is 0.0651. The van der Waals surface area contributed by atoms with Crippen LogP contribution in [0.2, 0.25) is 0 Å². The van der Waals surface area contributed by atoms with Crippen molar-refractivity contribution in [3.63, 3.8) is 0 Å². The normalized spacial score (nSPS) is 10.9. The van der Waals surface area contributed by atoms with Crippen LogP contribution in [-0.4, -0.2) is 14.9 Å². The molecule has 0 saturated heterocycles. The maximum absolute atomic E-state index is 11.8. The monoisotopic (exact) mass is 319 g/mol. The molecule has 1 aromatic carbocycles. The van der Waals surface area contributed by atoms with Crippen LogP contribution in [0.3, 0.4) is 0 Å². The Morgan fingerprint density at radius 1 is 1.29 bits per heavy atom. The van der Waals surface area contributed by atoms with Gasteiger partial charge in [0.05, 0.1) is 10.3 Å². The van der Waals surface area contributed by atoms with E-state index in [1.807, 2.05) is 5.38 Å². The van der Waals surface area contributed by atoms with Crippen LogP contribution in [0.1, 0.15) is 5.56 Å². The number of thioether (sulfide) groups is 1. The fourth-order valence-electron chi connectivity index (χ4n) is 1.78. The molecular formula is C13H9N3O3S2. The molecule has 3 aromatic rings. The number of fused-ring (bicyclic) bond motifs is 1. The molecule has 2 aromatic heterocycles. The number of nitrogens with zero attached hydrogens (tertiary/aromatic N) is 2. The van der Waals surface area contributed by atoms with E-state index in [2.05, 4.69) is 9.97 Å². The van der Waals surface area contributed by atoms with E-state index >= 15 is 0 Å². The van der Waals surface area contributed by atoms with Gasteiger partial charge < -0.3 is 4.98 Å². The Morgan fingerprint density at radius 2 is 2.05 bits per heavy atom. The van der Waals surface area contributed by atoms with Gasteiger partial charge in [-0.15, -0.1) is 11.3 Å². The summed E-state index contributed by atoms with van der Waals surface area (Å²) in [5.41, 5.74) is 0.849. The molecule has 106 valence electrons. The van der Waals surface area contributed by atoms with Gasteiger partial charge in [0, 0.05) is 17.9 Å². The van der Waals surface area contributed by atoms with Crippen LogP contribution in [0.4, 0.5) is 5.69 Å². The van der Waals surface area contributed by atoms with Crippen molar-refractivity contribution in [3.8, 4) is 0 Å². The Hall–Kier alpha value is -2.19. The Morgan fingerprint density at radius 3 is 2.76 bits per heavy atom. The van der Waals surface area contributed by atoms with Crippen molar-refractivity contribution < 1.29 is 4.92 Å². The molecule has 6 nitrogen and oxygen atoms in total. The molecule has 1 N–H and O–H groups in total. The molecular weight excluding hydrogens is 310 g/mol. The molecule has 0 atom stereocenters. The third-order valence-electron chi connectivity index (χ3n) is 2.84. The lowest BCUT2D eigenvalue weighted by Gasteiger charge is -2.01. The molecule has 0 radical (unpaired) electrons. The SMILES string of the molecule is O=c1[nH]c(SCc2ccc([N+](=O)[O-])cc2)nc2sccc12. The minimum atomic E-state index is -0.430. The zero-order valence-corrected chi connectivity index (χ0v) is 12.2. The number of nitro groups is 1. The first-order valence-electron chi connectivity index (χ1n) is 5.97. The van der Waals surface area contributed by atoms with Crippen molar-refractivity contribution in [2.45, 2.75) is 10.9 Å². The summed E-state index contributed by atoms with van der Waals surface area (Å²) in [4.78, 5) is 29.8. The summed E-state index contributed by atoms with van der Waals surface area (Å²) >= 11 is 2.81. The number of non-ortho nitro benzene ring substituents is 1. The van der Waals surface area contributed by atoms with Crippen LogP contribution in [0.25, 0.3) is 10.2 Å². The van der Waals surface area contributed by atoms with Gasteiger partial charge in [0.2, 0.25) is 0 Å². The molecule has 0 spiro atoms. The second-order valence-corrected chi connectivity index (χ2v) is 6.08. The zero-order valence-electron chi connectivity index (χ0n) is 10.6. The molecule has 3 rings (SSSR count). The van der Waals surface area contributed by atoms with Gasteiger partial charge in [0.25, 0.3) is 11.2 Å². The van der Waals surface area contributed by atoms with E-state index in [9.17, 15) is 14.9 Å². The number of hydrogen-bond donors (Lipinski definition) is 1. The highest BCUT2D eigenvalue weighted by Crippen LogP contribution is 2.23. The Labute approximate surface area is 127 Å². The third kappa shape index (κ3) is 2.96. The van der Waals surface area contributed by atoms with Crippen molar-refractivity contribution in [1.82, 2.24) is 9.97 Å². The van der Waals surface area contributed by atoms with Gasteiger partial charge >= 0.3 is 0 Å². The van der Waals surface area contributed by atoms with Crippen LogP contribution in [0.15, 0.2) is 45.7 Å². The van der Waals surface area contributed by atoms with Gasteiger partial charge in [-0.1, -0.05) is 23.9 Å². The molecule has 21 heavy (non-hydrogen) atoms. The van der Waals surface area contributed by atoms with Gasteiger partial charge in [-0.3, -0.25) is 14.9 Å². The number of benzene rings is 1. The summed E-state index contributed by atoms with van der Waals surface area (Å²) in [5, 5.41) is 13.6. The lowest BCUT2D eigenvalue weighted by Crippen LogP contribution is -2.07. The predicted octanol–water partition coefficient (Wildman–Crippen LogP) is 3.19. The summed E-state index contributed by atoms with van der Waals surface area (Å²) in [5.74, 6) is 0.581. The number of H-pyrrole nitrogens is 1. The Bertz CT molecular complexity index is 855. The van der Waals surface area contributed by atoms with Crippen molar-refractivity contribution in [1.29, 1.82) is 0 Å². The van der Waals surface area contributed by atoms with Crippen LogP contribution in [0, 0.1) is 10.1 Å². The van der Waals surface area contributed by atoms with Crippen molar-refractivity contribution >= 4 is 39.0 Å². The Kier molecular flexibility index (Phi) is 3.72. The minimum Gasteiger partial charge on any atom is -0.301 e. The lowest BCUT2D eigenvalue weighted by atomic mass is 10.2. The maximum atomic E-state index is 11.8. The number of rotatable bonds is 4. The largest absolute Gasteiger partial charge is 0.301 e. The summed E-state index contributed by atoms with van der Waals surface area (Å²) in [6.45, 7) is 0. The number of aromatic nitrogens is 2. The fraction of sp³-hybridized carbons (Fsp3) is 0.0769. The molecule has 0 aliphatic carbocycles. The summed E-state index contributed by atoms with van der Waals surface area (Å²) in [6.07, 6.45) is 0. The highest BCUT2D eigenvalue weighted by Gasteiger charge is 2.07. The van der Waals surface area contributed by atoms with Gasteiger partial charge in [-0.2, -0.15) is 0 Å². The van der Waals surface area contributed by atoms with E-state index in [0.717, 1.165) is 5.56 Å². The summed E-state index contributed by atoms with van der Waals surface area (Å²) in [7, 11) is 0. The first-order valence-corrected chi connectivity index (χ1v) is 7.83. The number of thiophene rings is 1. The average molecular weight is 319 g/mol. The average Bonchev–Trinajstić information content (AvgIpc) is 2.94. The molecule has 0 fully saturated rings. The molecule has 0 aliphatic heterocycles. The standard InChI is InChI=1S/C13H9N3O3S2/c17-11-10-5-6-20-12(10)15-13(14-11)21-7-8-1-3-9(4-2-8)16(18)19/h1-6H,7H2,(H,14,15,17). The van der Waals surface area contributed by atoms with Gasteiger partial charge in [0.15, 0.2) is 5.16 Å². The van der Waals surface area contributed by atoms with Crippen LogP contribution in [0.5, 0.6) is 0 Å². The molecule has 0 saturated carbocycles. The van der Waals surface area contributed by atoms with E-state index < -0.39 is 4.92 Å². The van der Waals surface area contributed by atoms with Crippen LogP contribution in [-0.2, 0) is 5.75 Å². The highest BCUT2D eigenvalue weighted by atomic mass is 32.2. The van der Waals surface area contributed by atoms with E-state index in [1.54, 1.807) is 18.2 Å². The molecule has 0 amide bonds. The molecule has 0 bridgehead atoms. The maximum Gasteiger partial charge on any atom is 0.269 e. The van der Waals surface area contributed by atoms with E-state index in [4.69, 9.17) is 0 Å². The fourth-order valence-corrected chi connectivity index (χ4v) is 3.42. The molecule has 0 aliphatic rings. The van der Waals surface area contributed by atoms with E-state index in [-0.39, 0.29) is 11.2 Å². The van der Waals surface area contributed by atoms with Crippen molar-refractivity contribution in [2.24, 2.45) is 0 Å². The smallest absolute Gasteiger partial charge is 0.269 e. The third-order valence-corrected chi connectivity index (χ3v) is 4.59. The zero-order chi connectivity index (χ0) is 14.8. The highest BCUT2D eigenvalue weighted by molar-refractivity contribution is 7.98. The van der Waals surface area contributed by atoms with E-state index in [1.165, 1.54) is 35.2 Å². The van der Waals surface area contributed by atoms with Gasteiger partial charge in [0.1, 0.15) is 4.83 Å². The number of nitrogens with one attached hydrogen (secondary N) is 1. The van der Waals surface area contributed by atoms with Crippen molar-refractivity contribution in [3.05, 3.63) is 61.7 Å². The Balaban J connectivity index is 1.76. The summed E-state index contributed by atoms with van der Waals surface area (Å²) < 4.78 is 0. The first kappa shape index (κ1) is 13.8. The number of aromatic amines is 1. The lowest BCUT2D eigenvalue weighted by molar-refractivity contribution is -0.384. The predicted molar refractivity (Wildman–Crippen MR) is 82.9 cm³/mol. The molecule has 2 heterocycles. The molecule has 8 heteroatoms. The van der Waals surface area contributed by atoms with Crippen LogP contribution < -0.4 is 5.56 Å². The quantitative estimate of drug-likeness (QED) is 0.345. The summed E-state index contributed by atoms with van der Waals surface area (Å²) in [6, 6.07) is 8.08. The first-order chi connectivity index (χ1) is 10.1. The number of nitro benzene ring substituents is 1. The van der Waals surface area contributed by atoms with E-state index in [0.29, 0.717) is 21.1 Å². The van der Waals surface area contributed by atoms with Crippen LogP contribution >= 0.6 is 23.1 Å². The number of hydrogen-bond acceptors (Lipinski definition) is 6. The second-order valence-electron chi connectivity index (χ2n) is 4.22. The van der Waals surface area contributed by atoms with Gasteiger partial charge in [-0.05, 0) is 17.0 Å².